The highest BCUT2D eigenvalue weighted by atomic mass is 16.4. The van der Waals surface area contributed by atoms with E-state index in [9.17, 15) is 4.79 Å². The minimum Gasteiger partial charge on any atom is -0.474 e. The van der Waals surface area contributed by atoms with Gasteiger partial charge in [-0.2, -0.15) is 0 Å². The molecular formula is C8H12N2O3. The van der Waals surface area contributed by atoms with Gasteiger partial charge in [0, 0.05) is 5.92 Å². The Balaban J connectivity index is 2.85. The Morgan fingerprint density at radius 1 is 1.38 bits per heavy atom. The fraction of sp³-hybridized carbons (Fsp3) is 0.625. The number of carboxylic acid groups (broad SMARTS) is 1. The molecule has 0 aliphatic rings. The van der Waals surface area contributed by atoms with Crippen LogP contribution in [0.15, 0.2) is 4.42 Å². The van der Waals surface area contributed by atoms with E-state index in [4.69, 9.17) is 9.52 Å². The third-order valence-corrected chi connectivity index (χ3v) is 2.01. The molecule has 1 aromatic rings. The molecule has 1 aromatic heterocycles. The lowest BCUT2D eigenvalue weighted by Crippen LogP contribution is -2.02. The third-order valence-electron chi connectivity index (χ3n) is 2.01. The standard InChI is InChI=1S/C8H12N2O3/c1-4(2)5(3)6-9-10-7(13-6)8(11)12/h4-5H,1-3H3,(H,11,12). The van der Waals surface area contributed by atoms with Crippen molar-refractivity contribution in [2.45, 2.75) is 26.7 Å². The summed E-state index contributed by atoms with van der Waals surface area (Å²) in [5.41, 5.74) is 0. The summed E-state index contributed by atoms with van der Waals surface area (Å²) in [5, 5.41) is 15.6. The highest BCUT2D eigenvalue weighted by Crippen LogP contribution is 2.21. The van der Waals surface area contributed by atoms with E-state index in [0.717, 1.165) is 0 Å². The highest BCUT2D eigenvalue weighted by Gasteiger charge is 2.19. The number of rotatable bonds is 3. The average Bonchev–Trinajstić information content (AvgIpc) is 2.50. The van der Waals surface area contributed by atoms with E-state index in [2.05, 4.69) is 10.2 Å². The second-order valence-electron chi connectivity index (χ2n) is 3.28. The number of hydrogen-bond donors (Lipinski definition) is 1. The van der Waals surface area contributed by atoms with Gasteiger partial charge in [0.2, 0.25) is 5.89 Å². The van der Waals surface area contributed by atoms with Crippen LogP contribution in [0.2, 0.25) is 0 Å². The first-order valence-corrected chi connectivity index (χ1v) is 4.09. The molecule has 72 valence electrons. The van der Waals surface area contributed by atoms with Gasteiger partial charge in [-0.3, -0.25) is 0 Å². The van der Waals surface area contributed by atoms with Crippen molar-refractivity contribution >= 4 is 5.97 Å². The molecule has 1 rings (SSSR count). The zero-order valence-electron chi connectivity index (χ0n) is 7.81. The van der Waals surface area contributed by atoms with Crippen molar-refractivity contribution in [1.82, 2.24) is 10.2 Å². The fourth-order valence-electron chi connectivity index (χ4n) is 0.790. The Kier molecular flexibility index (Phi) is 2.65. The molecule has 0 aromatic carbocycles. The summed E-state index contributed by atoms with van der Waals surface area (Å²) in [7, 11) is 0. The van der Waals surface area contributed by atoms with Gasteiger partial charge in [0.05, 0.1) is 0 Å². The molecule has 13 heavy (non-hydrogen) atoms. The molecule has 0 fully saturated rings. The fourth-order valence-corrected chi connectivity index (χ4v) is 0.790. The molecule has 0 amide bonds. The molecule has 5 nitrogen and oxygen atoms in total. The summed E-state index contributed by atoms with van der Waals surface area (Å²) in [6, 6.07) is 0. The zero-order valence-corrected chi connectivity index (χ0v) is 7.81. The third kappa shape index (κ3) is 2.05. The monoisotopic (exact) mass is 184 g/mol. The van der Waals surface area contributed by atoms with Crippen LogP contribution in [-0.4, -0.2) is 21.3 Å². The molecule has 0 bridgehead atoms. The summed E-state index contributed by atoms with van der Waals surface area (Å²) in [6.45, 7) is 5.94. The average molecular weight is 184 g/mol. The van der Waals surface area contributed by atoms with Crippen LogP contribution < -0.4 is 0 Å². The molecule has 0 radical (unpaired) electrons. The minimum absolute atomic E-state index is 0.0839. The van der Waals surface area contributed by atoms with Crippen LogP contribution in [0.3, 0.4) is 0 Å². The van der Waals surface area contributed by atoms with Crippen LogP contribution in [-0.2, 0) is 0 Å². The van der Waals surface area contributed by atoms with Gasteiger partial charge in [-0.25, -0.2) is 4.79 Å². The topological polar surface area (TPSA) is 76.2 Å². The number of aromatic nitrogens is 2. The first kappa shape index (κ1) is 9.70. The van der Waals surface area contributed by atoms with Crippen LogP contribution >= 0.6 is 0 Å². The summed E-state index contributed by atoms with van der Waals surface area (Å²) in [5.74, 6) is -0.715. The number of aromatic carboxylic acids is 1. The van der Waals surface area contributed by atoms with Crippen LogP contribution in [0, 0.1) is 5.92 Å². The molecule has 1 N–H and O–H groups in total. The van der Waals surface area contributed by atoms with Crippen molar-refractivity contribution in [1.29, 1.82) is 0 Å². The lowest BCUT2D eigenvalue weighted by Gasteiger charge is -2.09. The quantitative estimate of drug-likeness (QED) is 0.770. The van der Waals surface area contributed by atoms with E-state index in [1.807, 2.05) is 20.8 Å². The van der Waals surface area contributed by atoms with Crippen LogP contribution in [0.4, 0.5) is 0 Å². The predicted molar refractivity (Wildman–Crippen MR) is 44.5 cm³/mol. The Hall–Kier alpha value is -1.39. The zero-order chi connectivity index (χ0) is 10.0. The van der Waals surface area contributed by atoms with Gasteiger partial charge in [-0.1, -0.05) is 20.8 Å². The normalized spacial score (nSPS) is 13.2. The van der Waals surface area contributed by atoms with E-state index in [1.54, 1.807) is 0 Å². The molecule has 1 heterocycles. The van der Waals surface area contributed by atoms with Crippen LogP contribution in [0.5, 0.6) is 0 Å². The number of carbonyl (C=O) groups is 1. The lowest BCUT2D eigenvalue weighted by molar-refractivity contribution is 0.0650. The number of hydrogen-bond acceptors (Lipinski definition) is 4. The Morgan fingerprint density at radius 2 is 2.00 bits per heavy atom. The lowest BCUT2D eigenvalue weighted by atomic mass is 9.98. The van der Waals surface area contributed by atoms with Crippen molar-refractivity contribution in [2.75, 3.05) is 0 Å². The Bertz CT molecular complexity index is 306. The number of nitrogens with zero attached hydrogens (tertiary/aromatic N) is 2. The van der Waals surface area contributed by atoms with Gasteiger partial charge in [0.25, 0.3) is 0 Å². The van der Waals surface area contributed by atoms with Gasteiger partial charge in [-0.05, 0) is 5.92 Å². The van der Waals surface area contributed by atoms with Crippen molar-refractivity contribution in [3.05, 3.63) is 11.8 Å². The maximum atomic E-state index is 10.4. The Morgan fingerprint density at radius 3 is 2.38 bits per heavy atom. The predicted octanol–water partition coefficient (Wildman–Crippen LogP) is 1.53. The maximum absolute atomic E-state index is 10.4. The molecule has 1 unspecified atom stereocenters. The van der Waals surface area contributed by atoms with E-state index in [1.165, 1.54) is 0 Å². The summed E-state index contributed by atoms with van der Waals surface area (Å²) in [6.07, 6.45) is 0. The first-order chi connectivity index (χ1) is 6.02. The minimum atomic E-state index is -1.19. The maximum Gasteiger partial charge on any atom is 0.393 e. The number of carboxylic acids is 1. The highest BCUT2D eigenvalue weighted by molar-refractivity contribution is 5.81. The van der Waals surface area contributed by atoms with Crippen molar-refractivity contribution in [3.63, 3.8) is 0 Å². The molecule has 0 spiro atoms. The molecule has 0 saturated carbocycles. The van der Waals surface area contributed by atoms with E-state index < -0.39 is 5.97 Å². The largest absolute Gasteiger partial charge is 0.474 e. The SMILES string of the molecule is CC(C)C(C)c1nnc(C(=O)O)o1. The molecule has 5 heteroatoms. The second-order valence-corrected chi connectivity index (χ2v) is 3.28. The van der Waals surface area contributed by atoms with Gasteiger partial charge in [0.15, 0.2) is 0 Å². The van der Waals surface area contributed by atoms with E-state index >= 15 is 0 Å². The summed E-state index contributed by atoms with van der Waals surface area (Å²) in [4.78, 5) is 10.4. The Labute approximate surface area is 75.8 Å². The van der Waals surface area contributed by atoms with Gasteiger partial charge in [0.1, 0.15) is 0 Å². The summed E-state index contributed by atoms with van der Waals surface area (Å²) >= 11 is 0. The van der Waals surface area contributed by atoms with Crippen LogP contribution in [0.1, 0.15) is 43.3 Å². The van der Waals surface area contributed by atoms with E-state index in [-0.39, 0.29) is 11.8 Å². The molecule has 1 atom stereocenters. The smallest absolute Gasteiger partial charge is 0.393 e. The van der Waals surface area contributed by atoms with E-state index in [0.29, 0.717) is 11.8 Å². The van der Waals surface area contributed by atoms with Gasteiger partial charge >= 0.3 is 11.9 Å². The summed E-state index contributed by atoms with van der Waals surface area (Å²) < 4.78 is 4.95. The van der Waals surface area contributed by atoms with Crippen molar-refractivity contribution in [3.8, 4) is 0 Å². The molecule has 0 aliphatic heterocycles. The first-order valence-electron chi connectivity index (χ1n) is 4.09. The van der Waals surface area contributed by atoms with Gasteiger partial charge < -0.3 is 9.52 Å². The second kappa shape index (κ2) is 3.55. The van der Waals surface area contributed by atoms with Crippen molar-refractivity contribution in [2.24, 2.45) is 5.92 Å². The van der Waals surface area contributed by atoms with Crippen molar-refractivity contribution < 1.29 is 14.3 Å². The molecule has 0 aliphatic carbocycles. The van der Waals surface area contributed by atoms with Crippen LogP contribution in [0.25, 0.3) is 0 Å². The molecule has 0 saturated heterocycles. The molecular weight excluding hydrogens is 172 g/mol. The van der Waals surface area contributed by atoms with Gasteiger partial charge in [-0.15, -0.1) is 10.2 Å².